The molecule has 1 aliphatic heterocycles. The molecule has 0 radical (unpaired) electrons. The van der Waals surface area contributed by atoms with Gasteiger partial charge in [-0.2, -0.15) is 5.06 Å². The number of aromatic nitrogens is 1. The molecule has 13 heteroatoms. The van der Waals surface area contributed by atoms with Crippen LogP contribution in [0.15, 0.2) is 53.7 Å². The summed E-state index contributed by atoms with van der Waals surface area (Å²) in [7, 11) is 0. The second-order valence-corrected chi connectivity index (χ2v) is 8.46. The third kappa shape index (κ3) is 5.96. The number of rotatable bonds is 8. The Hall–Kier alpha value is -4.21. The lowest BCUT2D eigenvalue weighted by atomic mass is 10.1. The number of amides is 3. The normalized spacial score (nSPS) is 16.7. The molecular formula is C24H20ClF2N7O3. The summed E-state index contributed by atoms with van der Waals surface area (Å²) < 4.78 is 27.3. The van der Waals surface area contributed by atoms with E-state index in [1.54, 1.807) is 12.1 Å². The number of hydrogen-bond acceptors (Lipinski definition) is 5. The van der Waals surface area contributed by atoms with Crippen molar-refractivity contribution < 1.29 is 28.0 Å². The molecule has 1 aliphatic rings. The lowest BCUT2D eigenvalue weighted by Gasteiger charge is -2.26. The lowest BCUT2D eigenvalue weighted by Crippen LogP contribution is -2.48. The summed E-state index contributed by atoms with van der Waals surface area (Å²) in [5.74, 6) is -0.932. The average Bonchev–Trinajstić information content (AvgIpc) is 3.31. The highest BCUT2D eigenvalue weighted by atomic mass is 35.5. The summed E-state index contributed by atoms with van der Waals surface area (Å²) in [5.41, 5.74) is 9.12. The molecule has 2 atom stereocenters. The molecule has 1 fully saturated rings. The number of likely N-dealkylation sites (tertiary alicyclic amines) is 1. The van der Waals surface area contributed by atoms with E-state index < -0.39 is 29.7 Å². The number of carbonyl (C=O) groups is 2. The van der Waals surface area contributed by atoms with Gasteiger partial charge in [-0.1, -0.05) is 23.7 Å². The van der Waals surface area contributed by atoms with Crippen molar-refractivity contribution >= 4 is 46.6 Å². The number of carbonyl (C=O) groups excluding carboxylic acids is 2. The van der Waals surface area contributed by atoms with Crippen LogP contribution in [0.4, 0.5) is 19.4 Å². The molecule has 0 saturated carbocycles. The number of fused-ring (bicyclic) bond motifs is 1. The minimum atomic E-state index is -0.683. The fraction of sp³-hybridized carbons (Fsp3) is 0.250. The quantitative estimate of drug-likeness (QED) is 0.157. The number of nitrogens with one attached hydrogen (secondary N) is 1. The Bertz CT molecular complexity index is 1410. The standard InChI is InChI=1S/C24H20ClF2N7O3/c25-23-16(2-1-3-19(23)27)11-30-24(36)33-7-6-20(31-13-32-28)21(33)12-37-34(14-35)22-9-17-8-18(26)5-4-15(17)10-29-22/h1-5,8-10,14,20-21H,6-7,11-12H2,(H,30,36)/t20-,21+/m0/s1. The molecule has 1 N–H and O–H groups in total. The Kier molecular flexibility index (Phi) is 8.17. The number of benzene rings is 2. The van der Waals surface area contributed by atoms with E-state index in [0.29, 0.717) is 29.2 Å². The van der Waals surface area contributed by atoms with Crippen molar-refractivity contribution in [3.8, 4) is 0 Å². The van der Waals surface area contributed by atoms with E-state index in [1.165, 1.54) is 41.4 Å². The Balaban J connectivity index is 1.49. The van der Waals surface area contributed by atoms with Crippen LogP contribution in [-0.4, -0.2) is 58.4 Å². The van der Waals surface area contributed by atoms with E-state index in [0.717, 1.165) is 5.06 Å². The number of aliphatic imine (C=N–C) groups is 1. The van der Waals surface area contributed by atoms with Crippen molar-refractivity contribution in [3.63, 3.8) is 0 Å². The van der Waals surface area contributed by atoms with E-state index in [4.69, 9.17) is 22.0 Å². The van der Waals surface area contributed by atoms with Crippen molar-refractivity contribution in [3.05, 3.63) is 76.4 Å². The van der Waals surface area contributed by atoms with Crippen molar-refractivity contribution in [1.29, 1.82) is 0 Å². The topological polar surface area (TPSA) is 124 Å². The number of anilines is 1. The molecule has 37 heavy (non-hydrogen) atoms. The zero-order valence-corrected chi connectivity index (χ0v) is 20.0. The molecule has 4 rings (SSSR count). The SMILES string of the molecule is [N-]=[N+]=C=N[C@H]1CCN(C(=O)NCc2cccc(F)c2Cl)[C@@H]1CON(C=O)c1cc2cc(F)ccc2cn1. The minimum absolute atomic E-state index is 0.0242. The summed E-state index contributed by atoms with van der Waals surface area (Å²) in [5, 5.41) is 4.65. The van der Waals surface area contributed by atoms with Gasteiger partial charge in [0.2, 0.25) is 6.41 Å². The molecule has 3 amide bonds. The summed E-state index contributed by atoms with van der Waals surface area (Å²) in [4.78, 5) is 42.8. The minimum Gasteiger partial charge on any atom is -0.486 e. The molecule has 0 unspecified atom stereocenters. The predicted molar refractivity (Wildman–Crippen MR) is 130 cm³/mol. The Labute approximate surface area is 214 Å². The van der Waals surface area contributed by atoms with Crippen LogP contribution in [0, 0.1) is 11.6 Å². The maximum absolute atomic E-state index is 13.7. The smallest absolute Gasteiger partial charge is 0.408 e. The molecule has 10 nitrogen and oxygen atoms in total. The third-order valence-corrected chi connectivity index (χ3v) is 6.30. The average molecular weight is 528 g/mol. The molecule has 2 heterocycles. The van der Waals surface area contributed by atoms with Crippen LogP contribution in [0.2, 0.25) is 5.02 Å². The van der Waals surface area contributed by atoms with Crippen LogP contribution < -0.4 is 10.4 Å². The first kappa shape index (κ1) is 25.9. The van der Waals surface area contributed by atoms with Crippen LogP contribution in [0.3, 0.4) is 0 Å². The lowest BCUT2D eigenvalue weighted by molar-refractivity contribution is -0.114. The maximum Gasteiger partial charge on any atom is 0.408 e. The Morgan fingerprint density at radius 1 is 1.35 bits per heavy atom. The first-order valence-corrected chi connectivity index (χ1v) is 11.5. The van der Waals surface area contributed by atoms with Gasteiger partial charge in [-0.25, -0.2) is 18.6 Å². The van der Waals surface area contributed by atoms with Crippen LogP contribution >= 0.6 is 11.6 Å². The molecule has 3 aromatic rings. The van der Waals surface area contributed by atoms with E-state index >= 15 is 0 Å². The molecule has 0 spiro atoms. The zero-order chi connectivity index (χ0) is 26.4. The van der Waals surface area contributed by atoms with Gasteiger partial charge in [0.05, 0.1) is 5.02 Å². The van der Waals surface area contributed by atoms with Gasteiger partial charge >= 0.3 is 12.0 Å². The van der Waals surface area contributed by atoms with Gasteiger partial charge in [-0.15, -0.1) is 0 Å². The number of hydroxylamine groups is 1. The summed E-state index contributed by atoms with van der Waals surface area (Å²) in [6.07, 6.45) is 2.27. The summed E-state index contributed by atoms with van der Waals surface area (Å²) in [6, 6.07) is 10.3. The van der Waals surface area contributed by atoms with Gasteiger partial charge in [-0.3, -0.25) is 14.4 Å². The molecular weight excluding hydrogens is 508 g/mol. The molecule has 190 valence electrons. The van der Waals surface area contributed by atoms with Gasteiger partial charge in [0, 0.05) is 31.1 Å². The van der Waals surface area contributed by atoms with E-state index in [9.17, 15) is 18.4 Å². The van der Waals surface area contributed by atoms with Crippen LogP contribution in [0.1, 0.15) is 12.0 Å². The highest BCUT2D eigenvalue weighted by Crippen LogP contribution is 2.25. The van der Waals surface area contributed by atoms with Gasteiger partial charge in [0.1, 0.15) is 24.3 Å². The molecule has 1 saturated heterocycles. The number of nitrogens with zero attached hydrogens (tertiary/aromatic N) is 6. The second-order valence-electron chi connectivity index (χ2n) is 8.08. The van der Waals surface area contributed by atoms with E-state index in [2.05, 4.69) is 26.1 Å². The van der Waals surface area contributed by atoms with E-state index in [1.807, 2.05) is 0 Å². The first-order valence-electron chi connectivity index (χ1n) is 11.1. The molecule has 0 aliphatic carbocycles. The monoisotopic (exact) mass is 527 g/mol. The Morgan fingerprint density at radius 2 is 2.19 bits per heavy atom. The highest BCUT2D eigenvalue weighted by molar-refractivity contribution is 6.31. The fourth-order valence-corrected chi connectivity index (χ4v) is 4.22. The zero-order valence-electron chi connectivity index (χ0n) is 19.2. The van der Waals surface area contributed by atoms with Crippen molar-refractivity contribution in [1.82, 2.24) is 15.2 Å². The fourth-order valence-electron chi connectivity index (χ4n) is 4.03. The van der Waals surface area contributed by atoms with Crippen molar-refractivity contribution in [2.24, 2.45) is 4.99 Å². The predicted octanol–water partition coefficient (Wildman–Crippen LogP) is 3.82. The Morgan fingerprint density at radius 3 is 2.97 bits per heavy atom. The van der Waals surface area contributed by atoms with Crippen LogP contribution in [-0.2, 0) is 16.2 Å². The second kappa shape index (κ2) is 11.7. The van der Waals surface area contributed by atoms with Gasteiger partial charge < -0.3 is 15.7 Å². The number of pyridine rings is 1. The molecule has 0 bridgehead atoms. The van der Waals surface area contributed by atoms with Crippen molar-refractivity contribution in [2.75, 3.05) is 18.2 Å². The number of halogens is 3. The maximum atomic E-state index is 13.7. The summed E-state index contributed by atoms with van der Waals surface area (Å²) >= 11 is 5.97. The first-order chi connectivity index (χ1) is 17.9. The van der Waals surface area contributed by atoms with Crippen LogP contribution in [0.5, 0.6) is 0 Å². The van der Waals surface area contributed by atoms with E-state index in [-0.39, 0.29) is 30.5 Å². The van der Waals surface area contributed by atoms with Gasteiger partial charge in [-0.05, 0) is 46.3 Å². The van der Waals surface area contributed by atoms with Gasteiger partial charge in [0.15, 0.2) is 11.9 Å². The largest absolute Gasteiger partial charge is 0.486 e. The van der Waals surface area contributed by atoms with Gasteiger partial charge in [0.25, 0.3) is 0 Å². The highest BCUT2D eigenvalue weighted by Gasteiger charge is 2.41. The third-order valence-electron chi connectivity index (χ3n) is 5.88. The van der Waals surface area contributed by atoms with Crippen molar-refractivity contribution in [2.45, 2.75) is 25.0 Å². The van der Waals surface area contributed by atoms with Crippen LogP contribution in [0.25, 0.3) is 16.3 Å². The molecule has 2 aromatic carbocycles. The number of urea groups is 1. The molecule has 1 aromatic heterocycles. The number of hydrogen-bond donors (Lipinski definition) is 1. The summed E-state index contributed by atoms with van der Waals surface area (Å²) in [6.45, 7) is 0.0627.